The molecule has 6 nitrogen and oxygen atoms in total. The van der Waals surface area contributed by atoms with Gasteiger partial charge in [0, 0.05) is 31.0 Å². The lowest BCUT2D eigenvalue weighted by atomic mass is 9.98. The lowest BCUT2D eigenvalue weighted by Gasteiger charge is -2.16. The third kappa shape index (κ3) is 2.97. The Labute approximate surface area is 138 Å². The summed E-state index contributed by atoms with van der Waals surface area (Å²) in [6.07, 6.45) is 4.53. The summed E-state index contributed by atoms with van der Waals surface area (Å²) in [5, 5.41) is 0. The SMILES string of the molecule is C[C@@H]1CN(C(=O)c2ccc(-c3cncnc3)cc2F)C[C@H]1C(N)=O. The van der Waals surface area contributed by atoms with Crippen molar-refractivity contribution in [2.45, 2.75) is 6.92 Å². The number of rotatable bonds is 3. The molecule has 3 rings (SSSR count). The second-order valence-electron chi connectivity index (χ2n) is 6.02. The van der Waals surface area contributed by atoms with E-state index in [0.29, 0.717) is 17.7 Å². The van der Waals surface area contributed by atoms with Crippen LogP contribution in [0, 0.1) is 17.7 Å². The Morgan fingerprint density at radius 3 is 2.50 bits per heavy atom. The van der Waals surface area contributed by atoms with Gasteiger partial charge >= 0.3 is 0 Å². The van der Waals surface area contributed by atoms with Crippen LogP contribution in [-0.2, 0) is 4.79 Å². The molecule has 2 aromatic rings. The van der Waals surface area contributed by atoms with E-state index < -0.39 is 23.5 Å². The molecule has 0 radical (unpaired) electrons. The Balaban J connectivity index is 1.83. The van der Waals surface area contributed by atoms with Crippen LogP contribution in [0.25, 0.3) is 11.1 Å². The van der Waals surface area contributed by atoms with Crippen molar-refractivity contribution in [2.75, 3.05) is 13.1 Å². The summed E-state index contributed by atoms with van der Waals surface area (Å²) in [5.41, 5.74) is 6.58. The molecule has 1 aliphatic rings. The summed E-state index contributed by atoms with van der Waals surface area (Å²) < 4.78 is 14.4. The lowest BCUT2D eigenvalue weighted by Crippen LogP contribution is -2.32. The molecule has 1 aromatic carbocycles. The molecule has 2 heterocycles. The fourth-order valence-electron chi connectivity index (χ4n) is 2.99. The second-order valence-corrected chi connectivity index (χ2v) is 6.02. The first kappa shape index (κ1) is 16.0. The van der Waals surface area contributed by atoms with Crippen molar-refractivity contribution in [3.8, 4) is 11.1 Å². The number of carbonyl (C=O) groups excluding carboxylic acids is 2. The van der Waals surface area contributed by atoms with Crippen LogP contribution in [0.15, 0.2) is 36.9 Å². The Kier molecular flexibility index (Phi) is 4.24. The molecular weight excluding hydrogens is 311 g/mol. The van der Waals surface area contributed by atoms with Crippen LogP contribution >= 0.6 is 0 Å². The maximum absolute atomic E-state index is 14.4. The number of aromatic nitrogens is 2. The van der Waals surface area contributed by atoms with Crippen molar-refractivity contribution in [1.82, 2.24) is 14.9 Å². The average Bonchev–Trinajstić information content (AvgIpc) is 2.97. The Morgan fingerprint density at radius 1 is 1.21 bits per heavy atom. The summed E-state index contributed by atoms with van der Waals surface area (Å²) >= 11 is 0. The van der Waals surface area contributed by atoms with Gasteiger partial charge in [0.2, 0.25) is 5.91 Å². The molecule has 0 saturated carbocycles. The number of nitrogens with two attached hydrogens (primary N) is 1. The highest BCUT2D eigenvalue weighted by atomic mass is 19.1. The quantitative estimate of drug-likeness (QED) is 0.924. The maximum atomic E-state index is 14.4. The summed E-state index contributed by atoms with van der Waals surface area (Å²) in [6.45, 7) is 2.47. The molecule has 0 unspecified atom stereocenters. The van der Waals surface area contributed by atoms with Gasteiger partial charge in [-0.15, -0.1) is 0 Å². The van der Waals surface area contributed by atoms with E-state index >= 15 is 0 Å². The van der Waals surface area contributed by atoms with Crippen molar-refractivity contribution < 1.29 is 14.0 Å². The summed E-state index contributed by atoms with van der Waals surface area (Å²) in [4.78, 5) is 33.2. The fourth-order valence-corrected chi connectivity index (χ4v) is 2.99. The lowest BCUT2D eigenvalue weighted by molar-refractivity contribution is -0.122. The van der Waals surface area contributed by atoms with Gasteiger partial charge in [-0.2, -0.15) is 0 Å². The molecule has 1 aliphatic heterocycles. The van der Waals surface area contributed by atoms with Crippen molar-refractivity contribution in [3.05, 3.63) is 48.3 Å². The second kappa shape index (κ2) is 6.35. The number of nitrogens with zero attached hydrogens (tertiary/aromatic N) is 3. The molecule has 24 heavy (non-hydrogen) atoms. The van der Waals surface area contributed by atoms with Crippen LogP contribution in [0.2, 0.25) is 0 Å². The predicted octanol–water partition coefficient (Wildman–Crippen LogP) is 1.48. The predicted molar refractivity (Wildman–Crippen MR) is 85.2 cm³/mol. The third-order valence-electron chi connectivity index (χ3n) is 4.36. The Bertz CT molecular complexity index is 781. The number of amides is 2. The number of hydrogen-bond acceptors (Lipinski definition) is 4. The van der Waals surface area contributed by atoms with Crippen LogP contribution in [-0.4, -0.2) is 39.8 Å². The molecule has 2 atom stereocenters. The molecule has 1 aromatic heterocycles. The summed E-state index contributed by atoms with van der Waals surface area (Å²) in [6, 6.07) is 4.39. The van der Waals surface area contributed by atoms with Gasteiger partial charge in [0.25, 0.3) is 5.91 Å². The summed E-state index contributed by atoms with van der Waals surface area (Å²) in [7, 11) is 0. The van der Waals surface area contributed by atoms with Crippen molar-refractivity contribution >= 4 is 11.8 Å². The van der Waals surface area contributed by atoms with Crippen molar-refractivity contribution in [2.24, 2.45) is 17.6 Å². The van der Waals surface area contributed by atoms with Gasteiger partial charge in [-0.05, 0) is 23.6 Å². The van der Waals surface area contributed by atoms with Gasteiger partial charge in [0.15, 0.2) is 0 Å². The molecule has 1 fully saturated rings. The summed E-state index contributed by atoms with van der Waals surface area (Å²) in [5.74, 6) is -1.90. The van der Waals surface area contributed by atoms with Crippen LogP contribution in [0.3, 0.4) is 0 Å². The van der Waals surface area contributed by atoms with E-state index in [2.05, 4.69) is 9.97 Å². The molecule has 0 spiro atoms. The van der Waals surface area contributed by atoms with Gasteiger partial charge in [-0.1, -0.05) is 13.0 Å². The minimum absolute atomic E-state index is 0.0204. The van der Waals surface area contributed by atoms with Crippen LogP contribution < -0.4 is 5.73 Å². The molecule has 2 amide bonds. The Morgan fingerprint density at radius 2 is 1.92 bits per heavy atom. The average molecular weight is 328 g/mol. The van der Waals surface area contributed by atoms with E-state index in [-0.39, 0.29) is 18.0 Å². The number of hydrogen-bond donors (Lipinski definition) is 1. The Hall–Kier alpha value is -2.83. The molecular formula is C17H17FN4O2. The number of primary amides is 1. The maximum Gasteiger partial charge on any atom is 0.256 e. The van der Waals surface area contributed by atoms with Crippen molar-refractivity contribution in [1.29, 1.82) is 0 Å². The first-order chi connectivity index (χ1) is 11.5. The van der Waals surface area contributed by atoms with E-state index in [9.17, 15) is 14.0 Å². The van der Waals surface area contributed by atoms with Gasteiger partial charge in [0.1, 0.15) is 12.1 Å². The highest BCUT2D eigenvalue weighted by Gasteiger charge is 2.36. The third-order valence-corrected chi connectivity index (χ3v) is 4.36. The number of likely N-dealkylation sites (tertiary alicyclic amines) is 1. The largest absolute Gasteiger partial charge is 0.369 e. The number of carbonyl (C=O) groups is 2. The zero-order valence-corrected chi connectivity index (χ0v) is 13.1. The number of benzene rings is 1. The van der Waals surface area contributed by atoms with Gasteiger partial charge in [-0.25, -0.2) is 14.4 Å². The fraction of sp³-hybridized carbons (Fsp3) is 0.294. The molecule has 0 bridgehead atoms. The first-order valence-corrected chi connectivity index (χ1v) is 7.61. The van der Waals surface area contributed by atoms with Gasteiger partial charge in [-0.3, -0.25) is 9.59 Å². The molecule has 124 valence electrons. The minimum atomic E-state index is -0.614. The van der Waals surface area contributed by atoms with E-state index in [1.807, 2.05) is 6.92 Å². The normalized spacial score (nSPS) is 20.2. The minimum Gasteiger partial charge on any atom is -0.369 e. The molecule has 0 aliphatic carbocycles. The highest BCUT2D eigenvalue weighted by Crippen LogP contribution is 2.26. The van der Waals surface area contributed by atoms with Gasteiger partial charge < -0.3 is 10.6 Å². The van der Waals surface area contributed by atoms with Crippen LogP contribution in [0.4, 0.5) is 4.39 Å². The van der Waals surface area contributed by atoms with Crippen molar-refractivity contribution in [3.63, 3.8) is 0 Å². The first-order valence-electron chi connectivity index (χ1n) is 7.61. The molecule has 2 N–H and O–H groups in total. The topological polar surface area (TPSA) is 89.2 Å². The van der Waals surface area contributed by atoms with E-state index in [0.717, 1.165) is 0 Å². The molecule has 7 heteroatoms. The zero-order chi connectivity index (χ0) is 17.3. The van der Waals surface area contributed by atoms with E-state index in [4.69, 9.17) is 5.73 Å². The molecule has 1 saturated heterocycles. The smallest absolute Gasteiger partial charge is 0.256 e. The zero-order valence-electron chi connectivity index (χ0n) is 13.1. The van der Waals surface area contributed by atoms with Gasteiger partial charge in [0.05, 0.1) is 11.5 Å². The standard InChI is InChI=1S/C17H17FN4O2/c1-10-7-22(8-14(10)16(19)23)17(24)13-3-2-11(4-15(13)18)12-5-20-9-21-6-12/h2-6,9-10,14H,7-8H2,1H3,(H2,19,23)/t10-,14-/m1/s1. The van der Waals surface area contributed by atoms with Crippen LogP contribution in [0.5, 0.6) is 0 Å². The monoisotopic (exact) mass is 328 g/mol. The van der Waals surface area contributed by atoms with E-state index in [1.54, 1.807) is 18.5 Å². The highest BCUT2D eigenvalue weighted by molar-refractivity contribution is 5.95. The van der Waals surface area contributed by atoms with E-state index in [1.165, 1.54) is 23.4 Å². The number of halogens is 1. The van der Waals surface area contributed by atoms with Crippen LogP contribution in [0.1, 0.15) is 17.3 Å².